The van der Waals surface area contributed by atoms with E-state index in [0.29, 0.717) is 5.82 Å². The van der Waals surface area contributed by atoms with Crippen molar-refractivity contribution >= 4 is 11.8 Å². The first-order chi connectivity index (χ1) is 11.3. The van der Waals surface area contributed by atoms with Crippen LogP contribution in [0.5, 0.6) is 0 Å². The fraction of sp³-hybridized carbons (Fsp3) is 0.800. The number of carbonyl (C=O) groups is 1. The van der Waals surface area contributed by atoms with Crippen LogP contribution in [-0.4, -0.2) is 76.3 Å². The number of anilines is 1. The van der Waals surface area contributed by atoms with Gasteiger partial charge in [-0.1, -0.05) is 5.21 Å². The molecule has 0 aromatic carbocycles. The molecule has 0 spiro atoms. The number of aromatic nitrogens is 3. The molecule has 1 aromatic rings. The topological polar surface area (TPSA) is 75.5 Å². The van der Waals surface area contributed by atoms with Gasteiger partial charge < -0.3 is 9.64 Å². The van der Waals surface area contributed by atoms with Gasteiger partial charge in [-0.2, -0.15) is 0 Å². The first kappa shape index (κ1) is 16.2. The van der Waals surface area contributed by atoms with Gasteiger partial charge in [0.25, 0.3) is 0 Å². The number of aryl methyl sites for hydroxylation is 1. The van der Waals surface area contributed by atoms with E-state index >= 15 is 0 Å². The summed E-state index contributed by atoms with van der Waals surface area (Å²) >= 11 is 0. The maximum atomic E-state index is 12.6. The minimum absolute atomic E-state index is 0.0638. The number of piperidine rings is 1. The highest BCUT2D eigenvalue weighted by Gasteiger charge is 2.29. The predicted octanol–water partition coefficient (Wildman–Crippen LogP) is 1.02. The Bertz CT molecular complexity index is 514. The number of carbonyl (C=O) groups excluding carboxylic acids is 1. The summed E-state index contributed by atoms with van der Waals surface area (Å²) in [5, 5.41) is 10.8. The van der Waals surface area contributed by atoms with Crippen molar-refractivity contribution in [3.8, 4) is 0 Å². The van der Waals surface area contributed by atoms with Crippen LogP contribution in [0.15, 0.2) is 6.20 Å². The second-order valence-electron chi connectivity index (χ2n) is 6.15. The van der Waals surface area contributed by atoms with Crippen LogP contribution in [0.3, 0.4) is 0 Å². The highest BCUT2D eigenvalue weighted by atomic mass is 16.5. The van der Waals surface area contributed by atoms with Crippen molar-refractivity contribution in [3.05, 3.63) is 6.20 Å². The monoisotopic (exact) mass is 322 g/mol. The molecule has 0 bridgehead atoms. The fourth-order valence-corrected chi connectivity index (χ4v) is 3.23. The number of ether oxygens (including phenoxy) is 1. The van der Waals surface area contributed by atoms with Gasteiger partial charge in [-0.25, -0.2) is 4.79 Å². The fourth-order valence-electron chi connectivity index (χ4n) is 3.23. The van der Waals surface area contributed by atoms with Crippen LogP contribution in [0, 0.1) is 0 Å². The summed E-state index contributed by atoms with van der Waals surface area (Å²) in [6, 6.07) is 0.203. The zero-order valence-corrected chi connectivity index (χ0v) is 13.8. The number of urea groups is 1. The van der Waals surface area contributed by atoms with Gasteiger partial charge in [-0.15, -0.1) is 5.10 Å². The lowest BCUT2D eigenvalue weighted by Crippen LogP contribution is -2.52. The minimum atomic E-state index is -0.0638. The van der Waals surface area contributed by atoms with Crippen molar-refractivity contribution in [2.24, 2.45) is 0 Å². The van der Waals surface area contributed by atoms with Crippen molar-refractivity contribution in [2.75, 3.05) is 44.7 Å². The summed E-state index contributed by atoms with van der Waals surface area (Å²) in [5.74, 6) is 0.521. The van der Waals surface area contributed by atoms with Crippen LogP contribution in [0.2, 0.25) is 0 Å². The molecule has 3 heterocycles. The Morgan fingerprint density at radius 3 is 2.91 bits per heavy atom. The lowest BCUT2D eigenvalue weighted by atomic mass is 10.0. The SMILES string of the molecule is CCn1cc(NC(=O)N2CCCC[C@@H]2CN2CCOCC2)nn1. The van der Waals surface area contributed by atoms with Gasteiger partial charge in [0.2, 0.25) is 0 Å². The number of likely N-dealkylation sites (tertiary alicyclic amines) is 1. The largest absolute Gasteiger partial charge is 0.379 e. The lowest BCUT2D eigenvalue weighted by Gasteiger charge is -2.39. The third-order valence-electron chi connectivity index (χ3n) is 4.56. The standard InChI is InChI=1S/C15H26N6O2/c1-2-20-12-14(17-18-20)16-15(22)21-6-4-3-5-13(21)11-19-7-9-23-10-8-19/h12-13H,2-11H2,1H3,(H,16,22)/t13-/m1/s1. The van der Waals surface area contributed by atoms with Crippen molar-refractivity contribution in [3.63, 3.8) is 0 Å². The quantitative estimate of drug-likeness (QED) is 0.895. The van der Waals surface area contributed by atoms with Gasteiger partial charge in [0.05, 0.1) is 19.4 Å². The first-order valence-corrected chi connectivity index (χ1v) is 8.54. The maximum Gasteiger partial charge on any atom is 0.323 e. The van der Waals surface area contributed by atoms with Gasteiger partial charge in [-0.05, 0) is 26.2 Å². The Morgan fingerprint density at radius 2 is 2.17 bits per heavy atom. The van der Waals surface area contributed by atoms with Gasteiger partial charge in [-0.3, -0.25) is 14.9 Å². The molecule has 1 atom stereocenters. The summed E-state index contributed by atoms with van der Waals surface area (Å²) in [4.78, 5) is 17.0. The normalized spacial score (nSPS) is 23.0. The van der Waals surface area contributed by atoms with Gasteiger partial charge in [0.15, 0.2) is 5.82 Å². The minimum Gasteiger partial charge on any atom is -0.379 e. The summed E-state index contributed by atoms with van der Waals surface area (Å²) in [7, 11) is 0. The van der Waals surface area contributed by atoms with Gasteiger partial charge in [0.1, 0.15) is 0 Å². The van der Waals surface area contributed by atoms with E-state index in [0.717, 1.165) is 58.8 Å². The second-order valence-corrected chi connectivity index (χ2v) is 6.15. The number of nitrogens with zero attached hydrogens (tertiary/aromatic N) is 5. The molecule has 8 nitrogen and oxygen atoms in total. The number of hydrogen-bond donors (Lipinski definition) is 1. The van der Waals surface area contributed by atoms with E-state index in [-0.39, 0.29) is 12.1 Å². The number of rotatable bonds is 4. The van der Waals surface area contributed by atoms with Crippen molar-refractivity contribution < 1.29 is 9.53 Å². The molecule has 3 rings (SSSR count). The summed E-state index contributed by atoms with van der Waals surface area (Å²) < 4.78 is 7.11. The third kappa shape index (κ3) is 4.20. The molecule has 128 valence electrons. The number of morpholine rings is 1. The summed E-state index contributed by atoms with van der Waals surface area (Å²) in [6.45, 7) is 7.96. The molecule has 1 aromatic heterocycles. The van der Waals surface area contributed by atoms with Gasteiger partial charge >= 0.3 is 6.03 Å². The van der Waals surface area contributed by atoms with Crippen LogP contribution in [0.4, 0.5) is 10.6 Å². The van der Waals surface area contributed by atoms with E-state index in [4.69, 9.17) is 4.74 Å². The van der Waals surface area contributed by atoms with Crippen LogP contribution in [-0.2, 0) is 11.3 Å². The lowest BCUT2D eigenvalue weighted by molar-refractivity contribution is 0.0229. The molecule has 8 heteroatoms. The Morgan fingerprint density at radius 1 is 1.35 bits per heavy atom. The maximum absolute atomic E-state index is 12.6. The van der Waals surface area contributed by atoms with Crippen LogP contribution in [0.1, 0.15) is 26.2 Å². The molecule has 2 amide bonds. The van der Waals surface area contributed by atoms with E-state index in [2.05, 4.69) is 20.5 Å². The van der Waals surface area contributed by atoms with E-state index in [9.17, 15) is 4.79 Å². The van der Waals surface area contributed by atoms with Gasteiger partial charge in [0, 0.05) is 38.8 Å². The number of hydrogen-bond acceptors (Lipinski definition) is 5. The molecular weight excluding hydrogens is 296 g/mol. The molecule has 0 saturated carbocycles. The molecule has 0 aliphatic carbocycles. The summed E-state index contributed by atoms with van der Waals surface area (Å²) in [5.41, 5.74) is 0. The molecule has 2 saturated heterocycles. The molecule has 1 N–H and O–H groups in total. The Labute approximate surface area is 136 Å². The highest BCUT2D eigenvalue weighted by Crippen LogP contribution is 2.19. The van der Waals surface area contributed by atoms with E-state index < -0.39 is 0 Å². The van der Waals surface area contributed by atoms with E-state index in [1.807, 2.05) is 11.8 Å². The molecule has 2 aliphatic rings. The van der Waals surface area contributed by atoms with Crippen molar-refractivity contribution in [1.29, 1.82) is 0 Å². The second kappa shape index (κ2) is 7.74. The highest BCUT2D eigenvalue weighted by molar-refractivity contribution is 5.88. The zero-order chi connectivity index (χ0) is 16.1. The molecule has 23 heavy (non-hydrogen) atoms. The number of amides is 2. The van der Waals surface area contributed by atoms with E-state index in [1.165, 1.54) is 6.42 Å². The average Bonchev–Trinajstić information content (AvgIpc) is 3.04. The van der Waals surface area contributed by atoms with Crippen LogP contribution in [0.25, 0.3) is 0 Å². The zero-order valence-electron chi connectivity index (χ0n) is 13.8. The van der Waals surface area contributed by atoms with Crippen molar-refractivity contribution in [1.82, 2.24) is 24.8 Å². The number of nitrogens with one attached hydrogen (secondary N) is 1. The van der Waals surface area contributed by atoms with Crippen molar-refractivity contribution in [2.45, 2.75) is 38.8 Å². The smallest absolute Gasteiger partial charge is 0.323 e. The van der Waals surface area contributed by atoms with E-state index in [1.54, 1.807) is 10.9 Å². The molecule has 0 unspecified atom stereocenters. The van der Waals surface area contributed by atoms with Crippen LogP contribution >= 0.6 is 0 Å². The third-order valence-corrected chi connectivity index (χ3v) is 4.56. The Hall–Kier alpha value is -1.67. The Kier molecular flexibility index (Phi) is 5.45. The molecule has 2 fully saturated rings. The first-order valence-electron chi connectivity index (χ1n) is 8.54. The Balaban J connectivity index is 1.59. The summed E-state index contributed by atoms with van der Waals surface area (Å²) in [6.07, 6.45) is 5.07. The molecule has 2 aliphatic heterocycles. The molecule has 0 radical (unpaired) electrons. The predicted molar refractivity (Wildman–Crippen MR) is 86.3 cm³/mol. The average molecular weight is 322 g/mol. The van der Waals surface area contributed by atoms with Crippen LogP contribution < -0.4 is 5.32 Å². The molecular formula is C15H26N6O2.